The number of piperidine rings is 1. The summed E-state index contributed by atoms with van der Waals surface area (Å²) in [6.07, 6.45) is -2.84. The van der Waals surface area contributed by atoms with E-state index in [1.54, 1.807) is 12.1 Å². The van der Waals surface area contributed by atoms with Crippen LogP contribution in [0.3, 0.4) is 0 Å². The lowest BCUT2D eigenvalue weighted by atomic mass is 10.0. The minimum atomic E-state index is -4.57. The Morgan fingerprint density at radius 3 is 2.31 bits per heavy atom. The number of carbonyl (C=O) groups is 1. The number of benzene rings is 2. The molecule has 4 rings (SSSR count). The molecule has 2 aromatic rings. The normalized spacial score (nSPS) is 17.6. The minimum absolute atomic E-state index is 0.00320. The first-order valence-electron chi connectivity index (χ1n) is 12.1. The standard InChI is InChI=1S/C26H29ClF3N5O/c27-20-2-1-3-22(16-20)35-14-12-33(13-15-35)9-8-25(36)32-21-6-10-34(11-7-21)23-5-4-19(18-31)24(17-23)26(28,29)30/h1-5,16-17,21H,6-15H2,(H,32,36). The van der Waals surface area contributed by atoms with Gasteiger partial charge < -0.3 is 15.1 Å². The SMILES string of the molecule is N#Cc1ccc(N2CCC(NC(=O)CCN3CCN(c4cccc(Cl)c4)CC3)CC2)cc1C(F)(F)F. The zero-order valence-electron chi connectivity index (χ0n) is 19.9. The first-order chi connectivity index (χ1) is 17.2. The molecule has 1 N–H and O–H groups in total. The third-order valence-electron chi connectivity index (χ3n) is 6.85. The molecule has 0 bridgehead atoms. The topological polar surface area (TPSA) is 62.6 Å². The van der Waals surface area contributed by atoms with E-state index < -0.39 is 11.7 Å². The summed E-state index contributed by atoms with van der Waals surface area (Å²) in [7, 11) is 0. The first kappa shape index (κ1) is 26.1. The van der Waals surface area contributed by atoms with Gasteiger partial charge in [-0.15, -0.1) is 0 Å². The van der Waals surface area contributed by atoms with Crippen LogP contribution in [0.25, 0.3) is 0 Å². The van der Waals surface area contributed by atoms with Crippen LogP contribution in [0.4, 0.5) is 24.5 Å². The molecule has 36 heavy (non-hydrogen) atoms. The van der Waals surface area contributed by atoms with Crippen LogP contribution in [0, 0.1) is 11.3 Å². The van der Waals surface area contributed by atoms with E-state index in [4.69, 9.17) is 16.9 Å². The second-order valence-electron chi connectivity index (χ2n) is 9.23. The number of anilines is 2. The van der Waals surface area contributed by atoms with Gasteiger partial charge in [0.15, 0.2) is 0 Å². The maximum Gasteiger partial charge on any atom is 0.417 e. The summed E-state index contributed by atoms with van der Waals surface area (Å²) in [5, 5.41) is 12.8. The second kappa shape index (κ2) is 11.4. The van der Waals surface area contributed by atoms with Crippen LogP contribution in [0.5, 0.6) is 0 Å². The van der Waals surface area contributed by atoms with Crippen LogP contribution < -0.4 is 15.1 Å². The maximum atomic E-state index is 13.3. The molecule has 2 saturated heterocycles. The largest absolute Gasteiger partial charge is 0.417 e. The molecular formula is C26H29ClF3N5O. The van der Waals surface area contributed by atoms with Crippen molar-refractivity contribution < 1.29 is 18.0 Å². The van der Waals surface area contributed by atoms with Crippen molar-refractivity contribution in [1.29, 1.82) is 5.26 Å². The highest BCUT2D eigenvalue weighted by Gasteiger charge is 2.34. The average molecular weight is 520 g/mol. The van der Waals surface area contributed by atoms with E-state index >= 15 is 0 Å². The fraction of sp³-hybridized carbons (Fsp3) is 0.462. The highest BCUT2D eigenvalue weighted by molar-refractivity contribution is 6.30. The highest BCUT2D eigenvalue weighted by atomic mass is 35.5. The van der Waals surface area contributed by atoms with E-state index in [1.165, 1.54) is 6.07 Å². The number of hydrogen-bond donors (Lipinski definition) is 1. The van der Waals surface area contributed by atoms with Crippen molar-refractivity contribution in [1.82, 2.24) is 10.2 Å². The van der Waals surface area contributed by atoms with Crippen molar-refractivity contribution in [2.24, 2.45) is 0 Å². The molecule has 2 heterocycles. The molecule has 0 spiro atoms. The second-order valence-corrected chi connectivity index (χ2v) is 9.66. The highest BCUT2D eigenvalue weighted by Crippen LogP contribution is 2.35. The molecule has 6 nitrogen and oxygen atoms in total. The van der Waals surface area contributed by atoms with E-state index in [1.807, 2.05) is 23.1 Å². The molecule has 192 valence electrons. The van der Waals surface area contributed by atoms with Gasteiger partial charge >= 0.3 is 6.18 Å². The number of piperazine rings is 1. The van der Waals surface area contributed by atoms with Gasteiger partial charge in [0.05, 0.1) is 17.2 Å². The Kier molecular flexibility index (Phi) is 8.27. The number of halogens is 4. The summed E-state index contributed by atoms with van der Waals surface area (Å²) in [5.41, 5.74) is 0.274. The predicted molar refractivity (Wildman–Crippen MR) is 134 cm³/mol. The monoisotopic (exact) mass is 519 g/mol. The number of nitrogens with one attached hydrogen (secondary N) is 1. The minimum Gasteiger partial charge on any atom is -0.371 e. The molecule has 0 aliphatic carbocycles. The van der Waals surface area contributed by atoms with Gasteiger partial charge in [0.1, 0.15) is 0 Å². The van der Waals surface area contributed by atoms with Gasteiger partial charge in [-0.2, -0.15) is 18.4 Å². The van der Waals surface area contributed by atoms with Crippen LogP contribution in [0.2, 0.25) is 5.02 Å². The molecule has 0 radical (unpaired) electrons. The van der Waals surface area contributed by atoms with Crippen molar-refractivity contribution in [3.05, 3.63) is 58.6 Å². The third kappa shape index (κ3) is 6.62. The zero-order valence-corrected chi connectivity index (χ0v) is 20.7. The van der Waals surface area contributed by atoms with Crippen molar-refractivity contribution >= 4 is 28.9 Å². The fourth-order valence-electron chi connectivity index (χ4n) is 4.80. The number of hydrogen-bond acceptors (Lipinski definition) is 5. The number of amides is 1. The van der Waals surface area contributed by atoms with Crippen LogP contribution >= 0.6 is 11.6 Å². The summed E-state index contributed by atoms with van der Waals surface area (Å²) in [6.45, 7) is 5.29. The third-order valence-corrected chi connectivity index (χ3v) is 7.09. The molecule has 2 aliphatic heterocycles. The van der Waals surface area contributed by atoms with Gasteiger partial charge in [0.25, 0.3) is 0 Å². The molecule has 0 aromatic heterocycles. The van der Waals surface area contributed by atoms with Crippen molar-refractivity contribution in [3.8, 4) is 6.07 Å². The average Bonchev–Trinajstić information content (AvgIpc) is 2.87. The van der Waals surface area contributed by atoms with Crippen LogP contribution in [-0.2, 0) is 11.0 Å². The van der Waals surface area contributed by atoms with E-state index in [0.717, 1.165) is 43.0 Å². The smallest absolute Gasteiger partial charge is 0.371 e. The molecule has 2 fully saturated rings. The van der Waals surface area contributed by atoms with E-state index in [-0.39, 0.29) is 17.5 Å². The zero-order chi connectivity index (χ0) is 25.7. The fourth-order valence-corrected chi connectivity index (χ4v) is 4.99. The maximum absolute atomic E-state index is 13.3. The van der Waals surface area contributed by atoms with Gasteiger partial charge in [-0.25, -0.2) is 0 Å². The number of nitriles is 1. The quantitative estimate of drug-likeness (QED) is 0.607. The lowest BCUT2D eigenvalue weighted by Crippen LogP contribution is -2.48. The van der Waals surface area contributed by atoms with Gasteiger partial charge in [-0.05, 0) is 49.2 Å². The molecule has 2 aromatic carbocycles. The summed E-state index contributed by atoms with van der Waals surface area (Å²) in [6, 6.07) is 13.3. The van der Waals surface area contributed by atoms with Crippen molar-refractivity contribution in [2.45, 2.75) is 31.5 Å². The molecule has 0 atom stereocenters. The van der Waals surface area contributed by atoms with E-state index in [2.05, 4.69) is 21.2 Å². The Morgan fingerprint density at radius 1 is 1.00 bits per heavy atom. The number of nitrogens with zero attached hydrogens (tertiary/aromatic N) is 4. The summed E-state index contributed by atoms with van der Waals surface area (Å²) in [5.74, 6) is 0.00320. The summed E-state index contributed by atoms with van der Waals surface area (Å²) in [4.78, 5) is 19.0. The van der Waals surface area contributed by atoms with Gasteiger partial charge in [-0.1, -0.05) is 17.7 Å². The molecule has 10 heteroatoms. The van der Waals surface area contributed by atoms with Gasteiger partial charge in [0, 0.05) is 74.7 Å². The lowest BCUT2D eigenvalue weighted by molar-refractivity contribution is -0.137. The summed E-state index contributed by atoms with van der Waals surface area (Å²) < 4.78 is 39.8. The number of rotatable bonds is 6. The molecule has 2 aliphatic rings. The Morgan fingerprint density at radius 2 is 1.67 bits per heavy atom. The Labute approximate surface area is 214 Å². The van der Waals surface area contributed by atoms with Gasteiger partial charge in [-0.3, -0.25) is 9.69 Å². The molecule has 1 amide bonds. The van der Waals surface area contributed by atoms with Crippen LogP contribution in [0.15, 0.2) is 42.5 Å². The van der Waals surface area contributed by atoms with Crippen LogP contribution in [0.1, 0.15) is 30.4 Å². The number of alkyl halides is 3. The van der Waals surface area contributed by atoms with E-state index in [0.29, 0.717) is 44.6 Å². The van der Waals surface area contributed by atoms with Gasteiger partial charge in [0.2, 0.25) is 5.91 Å². The predicted octanol–water partition coefficient (Wildman–Crippen LogP) is 4.53. The molecular weight excluding hydrogens is 491 g/mol. The number of carbonyl (C=O) groups excluding carboxylic acids is 1. The molecule has 0 saturated carbocycles. The Balaban J connectivity index is 1.19. The van der Waals surface area contributed by atoms with Crippen LogP contribution in [-0.4, -0.2) is 62.7 Å². The summed E-state index contributed by atoms with van der Waals surface area (Å²) >= 11 is 6.09. The van der Waals surface area contributed by atoms with E-state index in [9.17, 15) is 18.0 Å². The van der Waals surface area contributed by atoms with Crippen molar-refractivity contribution in [3.63, 3.8) is 0 Å². The van der Waals surface area contributed by atoms with Crippen molar-refractivity contribution in [2.75, 3.05) is 55.6 Å². The Hall–Kier alpha value is -2.96. The first-order valence-corrected chi connectivity index (χ1v) is 12.5. The Bertz CT molecular complexity index is 1100. The lowest BCUT2D eigenvalue weighted by Gasteiger charge is -2.36. The molecule has 0 unspecified atom stereocenters.